The molecule has 2 aliphatic rings. The van der Waals surface area contributed by atoms with Crippen molar-refractivity contribution in [1.29, 1.82) is 0 Å². The van der Waals surface area contributed by atoms with Gasteiger partial charge in [0.25, 0.3) is 11.8 Å². The number of hydrogen-bond donors (Lipinski definition) is 6. The molecule has 0 aliphatic carbocycles. The molecule has 6 N–H and O–H groups in total. The Bertz CT molecular complexity index is 3160. The largest absolute Gasteiger partial charge is 0.444 e. The minimum absolute atomic E-state index is 0.00628. The van der Waals surface area contributed by atoms with Crippen molar-refractivity contribution in [2.75, 3.05) is 36.8 Å². The standard InChI is InChI=1S/C26H33N7O4.C26H31N7O3/c1-15-12-28-24(30-18-7-6-10-33(14-18)25(35)37-26(3,4)5)31-22(15)20-13-27-21-11-17(8-9-19(20)21)23(34)29-16(2)32-36;1-15-12-28-24(30-18-7-6-10-33(14-18)25(34)35-26(3,4)5)31-22(15)20-13-27-21-11-17(8-9-19(20)21)23-29-16(2)32-36-23/h8-9,11-13,18,27,36H,6-7,10,14H2,1-5H3,(H,28,30,31)(H,29,32,34);8-9,11-13,18,27H,6-7,10,14H2,1-5H3,(H,28,30,31)/t2*18-/m00/s1. The lowest BCUT2D eigenvalue weighted by atomic mass is 10.0. The van der Waals surface area contributed by atoms with Crippen LogP contribution in [-0.4, -0.2) is 128 Å². The molecule has 7 heterocycles. The number of rotatable bonds is 8. The first kappa shape index (κ1) is 51.3. The zero-order valence-corrected chi connectivity index (χ0v) is 43.0. The third-order valence-electron chi connectivity index (χ3n) is 12.1. The number of carbonyl (C=O) groups is 3. The number of anilines is 2. The maximum Gasteiger partial charge on any atom is 0.410 e. The van der Waals surface area contributed by atoms with Crippen molar-refractivity contribution < 1.29 is 33.6 Å². The second kappa shape index (κ2) is 21.3. The fraction of sp³-hybridized carbons (Fsp3) is 0.423. The van der Waals surface area contributed by atoms with E-state index < -0.39 is 11.2 Å². The first-order valence-electron chi connectivity index (χ1n) is 24.4. The Morgan fingerprint density at radius 2 is 1.25 bits per heavy atom. The van der Waals surface area contributed by atoms with Crippen LogP contribution in [0, 0.1) is 20.8 Å². The number of carbonyl (C=O) groups excluding carboxylic acids is 3. The molecule has 9 rings (SSSR count). The van der Waals surface area contributed by atoms with Gasteiger partial charge >= 0.3 is 12.2 Å². The molecular formula is C52H64N14O7. The van der Waals surface area contributed by atoms with E-state index >= 15 is 0 Å². The van der Waals surface area contributed by atoms with E-state index in [1.165, 1.54) is 6.92 Å². The molecule has 384 valence electrons. The highest BCUT2D eigenvalue weighted by Crippen LogP contribution is 2.34. The number of fused-ring (bicyclic) bond motifs is 2. The third-order valence-corrected chi connectivity index (χ3v) is 12.1. The van der Waals surface area contributed by atoms with Crippen LogP contribution in [0.5, 0.6) is 0 Å². The minimum atomic E-state index is -0.539. The van der Waals surface area contributed by atoms with Crippen molar-refractivity contribution in [3.63, 3.8) is 0 Å². The van der Waals surface area contributed by atoms with E-state index in [0.717, 1.165) is 86.7 Å². The number of hydrogen-bond acceptors (Lipinski definition) is 16. The number of oxime groups is 1. The average molecular weight is 997 g/mol. The van der Waals surface area contributed by atoms with Crippen LogP contribution in [0.2, 0.25) is 0 Å². The summed E-state index contributed by atoms with van der Waals surface area (Å²) in [7, 11) is 0. The lowest BCUT2D eigenvalue weighted by Gasteiger charge is -2.34. The number of H-pyrrole nitrogens is 2. The van der Waals surface area contributed by atoms with Crippen molar-refractivity contribution in [3.8, 4) is 34.0 Å². The number of benzene rings is 2. The Labute approximate surface area is 423 Å². The van der Waals surface area contributed by atoms with Crippen LogP contribution in [-0.2, 0) is 9.47 Å². The SMILES string of the molecule is C/C(=N/O)NC(=O)c1ccc2c(-c3nc(N[C@H]4CCCN(C(=O)OC(C)(C)C)C4)ncc3C)c[nH]c2c1.Cc1noc(-c2ccc3c(-c4nc(N[C@H]5CCCN(C(=O)OC(C)(C)C)C5)ncc4C)c[nH]c3c2)n1. The fourth-order valence-electron chi connectivity index (χ4n) is 8.70. The van der Waals surface area contributed by atoms with Crippen LogP contribution in [0.3, 0.4) is 0 Å². The van der Waals surface area contributed by atoms with Crippen molar-refractivity contribution in [3.05, 3.63) is 83.7 Å². The monoisotopic (exact) mass is 997 g/mol. The number of nitrogens with zero attached hydrogens (tertiary/aromatic N) is 9. The fourth-order valence-corrected chi connectivity index (χ4v) is 8.70. The molecule has 2 aliphatic heterocycles. The highest BCUT2D eigenvalue weighted by atomic mass is 16.6. The molecule has 2 atom stereocenters. The van der Waals surface area contributed by atoms with Gasteiger partial charge in [0.1, 0.15) is 17.0 Å². The predicted octanol–water partition coefficient (Wildman–Crippen LogP) is 9.39. The lowest BCUT2D eigenvalue weighted by Crippen LogP contribution is -2.47. The summed E-state index contributed by atoms with van der Waals surface area (Å²) in [4.78, 5) is 70.4. The zero-order valence-electron chi connectivity index (χ0n) is 43.0. The molecule has 0 radical (unpaired) electrons. The van der Waals surface area contributed by atoms with Crippen LogP contribution < -0.4 is 16.0 Å². The van der Waals surface area contributed by atoms with Gasteiger partial charge in [0, 0.05) is 107 Å². The van der Waals surface area contributed by atoms with Gasteiger partial charge in [-0.1, -0.05) is 22.4 Å². The van der Waals surface area contributed by atoms with Crippen LogP contribution in [0.25, 0.3) is 55.8 Å². The molecule has 21 nitrogen and oxygen atoms in total. The average Bonchev–Trinajstić information content (AvgIpc) is 4.10. The van der Waals surface area contributed by atoms with Gasteiger partial charge in [-0.3, -0.25) is 4.79 Å². The maximum absolute atomic E-state index is 12.5. The zero-order chi connectivity index (χ0) is 52.2. The van der Waals surface area contributed by atoms with Crippen molar-refractivity contribution in [2.45, 2.75) is 118 Å². The summed E-state index contributed by atoms with van der Waals surface area (Å²) in [6, 6.07) is 11.4. The van der Waals surface area contributed by atoms with Crippen LogP contribution in [0.4, 0.5) is 21.5 Å². The van der Waals surface area contributed by atoms with Gasteiger partial charge in [0.2, 0.25) is 11.9 Å². The van der Waals surface area contributed by atoms with Gasteiger partial charge in [-0.2, -0.15) is 4.98 Å². The summed E-state index contributed by atoms with van der Waals surface area (Å²) >= 11 is 0. The van der Waals surface area contributed by atoms with Crippen molar-refractivity contribution >= 4 is 57.6 Å². The predicted molar refractivity (Wildman–Crippen MR) is 277 cm³/mol. The summed E-state index contributed by atoms with van der Waals surface area (Å²) < 4.78 is 16.4. The molecular weight excluding hydrogens is 933 g/mol. The minimum Gasteiger partial charge on any atom is -0.444 e. The van der Waals surface area contributed by atoms with Gasteiger partial charge in [-0.05, 0) is 130 Å². The first-order valence-corrected chi connectivity index (χ1v) is 24.4. The Balaban J connectivity index is 0.000000195. The smallest absolute Gasteiger partial charge is 0.410 e. The highest BCUT2D eigenvalue weighted by Gasteiger charge is 2.30. The van der Waals surface area contributed by atoms with Crippen LogP contribution >= 0.6 is 0 Å². The van der Waals surface area contributed by atoms with Gasteiger partial charge < -0.3 is 54.9 Å². The Morgan fingerprint density at radius 1 is 0.740 bits per heavy atom. The number of amidine groups is 1. The summed E-state index contributed by atoms with van der Waals surface area (Å²) in [6.45, 7) is 20.9. The van der Waals surface area contributed by atoms with E-state index in [9.17, 15) is 14.4 Å². The molecule has 0 saturated carbocycles. The van der Waals surface area contributed by atoms with E-state index in [4.69, 9.17) is 29.2 Å². The third kappa shape index (κ3) is 12.7. The molecule has 7 aromatic rings. The molecule has 2 fully saturated rings. The Kier molecular flexibility index (Phi) is 15.0. The second-order valence-electron chi connectivity index (χ2n) is 20.5. The topological polar surface area (TPSA) is 267 Å². The summed E-state index contributed by atoms with van der Waals surface area (Å²) in [5, 5.41) is 26.9. The highest BCUT2D eigenvalue weighted by molar-refractivity contribution is 6.08. The maximum atomic E-state index is 12.5. The molecule has 0 unspecified atom stereocenters. The molecule has 73 heavy (non-hydrogen) atoms. The van der Waals surface area contributed by atoms with E-state index in [2.05, 4.69) is 51.2 Å². The van der Waals surface area contributed by atoms with Crippen LogP contribution in [0.15, 0.2) is 70.9 Å². The number of likely N-dealkylation sites (tertiary alicyclic amines) is 2. The normalized spacial score (nSPS) is 16.4. The number of aryl methyl sites for hydroxylation is 3. The second-order valence-corrected chi connectivity index (χ2v) is 20.5. The molecule has 5 aromatic heterocycles. The number of aromatic amines is 2. The lowest BCUT2D eigenvalue weighted by molar-refractivity contribution is 0.0196. The molecule has 21 heteroatoms. The molecule has 0 spiro atoms. The van der Waals surface area contributed by atoms with Gasteiger partial charge in [0.05, 0.1) is 11.4 Å². The van der Waals surface area contributed by atoms with Crippen molar-refractivity contribution in [1.82, 2.24) is 55.2 Å². The molecule has 2 saturated heterocycles. The Hall–Kier alpha value is -8.10. The number of nitrogens with one attached hydrogen (secondary N) is 5. The number of amides is 3. The van der Waals surface area contributed by atoms with Gasteiger partial charge in [-0.25, -0.2) is 29.5 Å². The van der Waals surface area contributed by atoms with Gasteiger partial charge in [0.15, 0.2) is 5.82 Å². The molecule has 0 bridgehead atoms. The van der Waals surface area contributed by atoms with E-state index in [1.807, 2.05) is 98.2 Å². The van der Waals surface area contributed by atoms with Crippen LogP contribution in [0.1, 0.15) is 101 Å². The summed E-state index contributed by atoms with van der Waals surface area (Å²) in [5.41, 5.74) is 7.31. The molecule has 2 aromatic carbocycles. The van der Waals surface area contributed by atoms with E-state index in [1.54, 1.807) is 35.1 Å². The summed E-state index contributed by atoms with van der Waals surface area (Å²) in [6.07, 6.45) is 10.4. The summed E-state index contributed by atoms with van der Waals surface area (Å²) in [5.74, 6) is 1.86. The number of piperidine rings is 2. The van der Waals surface area contributed by atoms with Crippen molar-refractivity contribution in [2.24, 2.45) is 5.16 Å². The Morgan fingerprint density at radius 3 is 1.73 bits per heavy atom. The number of ether oxygens (including phenoxy) is 2. The quantitative estimate of drug-likeness (QED) is 0.0358. The van der Waals surface area contributed by atoms with Gasteiger partial charge in [-0.15, -0.1) is 0 Å². The van der Waals surface area contributed by atoms with E-state index in [0.29, 0.717) is 55.4 Å². The van der Waals surface area contributed by atoms with E-state index in [-0.39, 0.29) is 36.0 Å². The first-order chi connectivity index (χ1) is 34.7. The number of aromatic nitrogens is 8. The molecule has 3 amide bonds.